The van der Waals surface area contributed by atoms with Crippen LogP contribution in [0.3, 0.4) is 0 Å². The maximum absolute atomic E-state index is 9.13. The van der Waals surface area contributed by atoms with Crippen LogP contribution in [0.25, 0.3) is 10.9 Å². The van der Waals surface area contributed by atoms with Crippen molar-refractivity contribution in [2.45, 2.75) is 13.5 Å². The normalized spacial score (nSPS) is 10.7. The van der Waals surface area contributed by atoms with Crippen molar-refractivity contribution >= 4 is 10.9 Å². The summed E-state index contributed by atoms with van der Waals surface area (Å²) in [5.41, 5.74) is 2.72. The summed E-state index contributed by atoms with van der Waals surface area (Å²) < 4.78 is 5.98. The van der Waals surface area contributed by atoms with Gasteiger partial charge in [0.2, 0.25) is 0 Å². The largest absolute Gasteiger partial charge is 0.455 e. The molecule has 0 bridgehead atoms. The molecule has 3 heteroatoms. The summed E-state index contributed by atoms with van der Waals surface area (Å²) in [5.74, 6) is 1.52. The molecule has 0 spiro atoms. The first-order valence-electron chi connectivity index (χ1n) is 6.50. The number of aliphatic hydroxyl groups is 1. The van der Waals surface area contributed by atoms with E-state index in [4.69, 9.17) is 9.84 Å². The quantitative estimate of drug-likeness (QED) is 0.782. The zero-order chi connectivity index (χ0) is 13.9. The Bertz CT molecular complexity index is 748. The van der Waals surface area contributed by atoms with E-state index in [2.05, 4.69) is 4.98 Å². The third-order valence-electron chi connectivity index (χ3n) is 3.24. The first kappa shape index (κ1) is 12.6. The van der Waals surface area contributed by atoms with E-state index in [-0.39, 0.29) is 6.61 Å². The number of ether oxygens (including phenoxy) is 1. The lowest BCUT2D eigenvalue weighted by Crippen LogP contribution is -1.92. The van der Waals surface area contributed by atoms with E-state index in [0.717, 1.165) is 33.5 Å². The van der Waals surface area contributed by atoms with Crippen LogP contribution in [0.4, 0.5) is 0 Å². The molecule has 0 aliphatic rings. The van der Waals surface area contributed by atoms with Crippen LogP contribution in [0.5, 0.6) is 11.5 Å². The summed E-state index contributed by atoms with van der Waals surface area (Å²) >= 11 is 0. The van der Waals surface area contributed by atoms with E-state index in [1.807, 2.05) is 55.5 Å². The van der Waals surface area contributed by atoms with Gasteiger partial charge in [0.25, 0.3) is 0 Å². The minimum absolute atomic E-state index is 0.0386. The lowest BCUT2D eigenvalue weighted by molar-refractivity contribution is 0.281. The summed E-state index contributed by atoms with van der Waals surface area (Å²) in [6.45, 7) is 2.00. The summed E-state index contributed by atoms with van der Waals surface area (Å²) in [6, 6.07) is 15.5. The highest BCUT2D eigenvalue weighted by Crippen LogP contribution is 2.30. The topological polar surface area (TPSA) is 42.4 Å². The second-order valence-corrected chi connectivity index (χ2v) is 4.69. The van der Waals surface area contributed by atoms with Gasteiger partial charge in [-0.1, -0.05) is 30.3 Å². The van der Waals surface area contributed by atoms with E-state index >= 15 is 0 Å². The fourth-order valence-corrected chi connectivity index (χ4v) is 2.20. The Morgan fingerprint density at radius 1 is 1.05 bits per heavy atom. The molecule has 0 aliphatic carbocycles. The predicted molar refractivity (Wildman–Crippen MR) is 78.9 cm³/mol. The molecular weight excluding hydrogens is 250 g/mol. The van der Waals surface area contributed by atoms with Crippen LogP contribution in [0.2, 0.25) is 0 Å². The molecule has 0 atom stereocenters. The lowest BCUT2D eigenvalue weighted by Gasteiger charge is -2.11. The molecule has 0 radical (unpaired) electrons. The first-order chi connectivity index (χ1) is 9.78. The van der Waals surface area contributed by atoms with Gasteiger partial charge >= 0.3 is 0 Å². The zero-order valence-electron chi connectivity index (χ0n) is 11.2. The number of benzene rings is 2. The molecule has 20 heavy (non-hydrogen) atoms. The van der Waals surface area contributed by atoms with Crippen molar-refractivity contribution in [3.63, 3.8) is 0 Å². The summed E-state index contributed by atoms with van der Waals surface area (Å²) in [7, 11) is 0. The number of hydrogen-bond acceptors (Lipinski definition) is 3. The van der Waals surface area contributed by atoms with Crippen molar-refractivity contribution in [1.29, 1.82) is 0 Å². The molecule has 3 aromatic rings. The van der Waals surface area contributed by atoms with Gasteiger partial charge in [0.05, 0.1) is 6.61 Å². The number of aromatic nitrogens is 1. The zero-order valence-corrected chi connectivity index (χ0v) is 11.2. The highest BCUT2D eigenvalue weighted by atomic mass is 16.5. The van der Waals surface area contributed by atoms with E-state index in [1.54, 1.807) is 6.20 Å². The van der Waals surface area contributed by atoms with Gasteiger partial charge in [-0.15, -0.1) is 0 Å². The fourth-order valence-electron chi connectivity index (χ4n) is 2.20. The number of para-hydroxylation sites is 1. The SMILES string of the molecule is Cc1cc(CO)ccc1Oc1cccc2cccnc12. The van der Waals surface area contributed by atoms with Crippen molar-refractivity contribution in [3.05, 3.63) is 65.9 Å². The number of aryl methyl sites for hydroxylation is 1. The van der Waals surface area contributed by atoms with Gasteiger partial charge < -0.3 is 9.84 Å². The molecule has 0 saturated carbocycles. The molecule has 100 valence electrons. The number of hydrogen-bond donors (Lipinski definition) is 1. The predicted octanol–water partition coefficient (Wildman–Crippen LogP) is 3.83. The van der Waals surface area contributed by atoms with Crippen LogP contribution in [-0.2, 0) is 6.61 Å². The van der Waals surface area contributed by atoms with Gasteiger partial charge in [-0.05, 0) is 36.2 Å². The third kappa shape index (κ3) is 2.36. The number of pyridine rings is 1. The number of rotatable bonds is 3. The number of aliphatic hydroxyl groups excluding tert-OH is 1. The van der Waals surface area contributed by atoms with Gasteiger partial charge in [-0.25, -0.2) is 0 Å². The fraction of sp³-hybridized carbons (Fsp3) is 0.118. The molecule has 1 aromatic heterocycles. The van der Waals surface area contributed by atoms with Crippen LogP contribution >= 0.6 is 0 Å². The Kier molecular flexibility index (Phi) is 3.35. The van der Waals surface area contributed by atoms with Crippen molar-refractivity contribution in [2.75, 3.05) is 0 Å². The molecule has 1 heterocycles. The van der Waals surface area contributed by atoms with E-state index < -0.39 is 0 Å². The molecule has 0 unspecified atom stereocenters. The second kappa shape index (κ2) is 5.31. The van der Waals surface area contributed by atoms with Crippen LogP contribution in [0, 0.1) is 6.92 Å². The molecule has 0 amide bonds. The molecule has 0 fully saturated rings. The summed E-state index contributed by atoms with van der Waals surface area (Å²) in [5, 5.41) is 10.2. The van der Waals surface area contributed by atoms with Crippen molar-refractivity contribution in [1.82, 2.24) is 4.98 Å². The molecule has 3 rings (SSSR count). The Labute approximate surface area is 117 Å². The molecular formula is C17H15NO2. The monoisotopic (exact) mass is 265 g/mol. The highest BCUT2D eigenvalue weighted by molar-refractivity contribution is 5.84. The van der Waals surface area contributed by atoms with Crippen molar-refractivity contribution in [3.8, 4) is 11.5 Å². The maximum atomic E-state index is 9.13. The Morgan fingerprint density at radius 3 is 2.70 bits per heavy atom. The van der Waals surface area contributed by atoms with Gasteiger partial charge in [-0.3, -0.25) is 4.98 Å². The molecule has 3 nitrogen and oxygen atoms in total. The maximum Gasteiger partial charge on any atom is 0.153 e. The van der Waals surface area contributed by atoms with E-state index in [9.17, 15) is 0 Å². The van der Waals surface area contributed by atoms with Gasteiger partial charge in [0, 0.05) is 11.6 Å². The van der Waals surface area contributed by atoms with Crippen LogP contribution < -0.4 is 4.74 Å². The Balaban J connectivity index is 2.01. The van der Waals surface area contributed by atoms with Gasteiger partial charge in [0.15, 0.2) is 5.75 Å². The highest BCUT2D eigenvalue weighted by Gasteiger charge is 2.06. The van der Waals surface area contributed by atoms with E-state index in [1.165, 1.54) is 0 Å². The molecule has 1 N–H and O–H groups in total. The van der Waals surface area contributed by atoms with Gasteiger partial charge in [-0.2, -0.15) is 0 Å². The van der Waals surface area contributed by atoms with Gasteiger partial charge in [0.1, 0.15) is 11.3 Å². The van der Waals surface area contributed by atoms with E-state index in [0.29, 0.717) is 0 Å². The summed E-state index contributed by atoms with van der Waals surface area (Å²) in [6.07, 6.45) is 1.76. The minimum Gasteiger partial charge on any atom is -0.455 e. The standard InChI is InChI=1S/C17H15NO2/c1-12-10-13(11-19)7-8-15(12)20-16-6-2-4-14-5-3-9-18-17(14)16/h2-10,19H,11H2,1H3. The smallest absolute Gasteiger partial charge is 0.153 e. The Morgan fingerprint density at radius 2 is 1.90 bits per heavy atom. The Hall–Kier alpha value is -2.39. The lowest BCUT2D eigenvalue weighted by atomic mass is 10.1. The number of fused-ring (bicyclic) bond motifs is 1. The minimum atomic E-state index is 0.0386. The van der Waals surface area contributed by atoms with Crippen molar-refractivity contribution < 1.29 is 9.84 Å². The molecule has 0 aliphatic heterocycles. The second-order valence-electron chi connectivity index (χ2n) is 4.69. The molecule has 0 saturated heterocycles. The van der Waals surface area contributed by atoms with Crippen LogP contribution in [0.1, 0.15) is 11.1 Å². The number of nitrogens with zero attached hydrogens (tertiary/aromatic N) is 1. The third-order valence-corrected chi connectivity index (χ3v) is 3.24. The first-order valence-corrected chi connectivity index (χ1v) is 6.50. The van der Waals surface area contributed by atoms with Crippen molar-refractivity contribution in [2.24, 2.45) is 0 Å². The molecule has 2 aromatic carbocycles. The van der Waals surface area contributed by atoms with Crippen LogP contribution in [0.15, 0.2) is 54.7 Å². The average Bonchev–Trinajstić information content (AvgIpc) is 2.49. The average molecular weight is 265 g/mol. The summed E-state index contributed by atoms with van der Waals surface area (Å²) in [4.78, 5) is 4.38. The van der Waals surface area contributed by atoms with Crippen LogP contribution in [-0.4, -0.2) is 10.1 Å².